The van der Waals surface area contributed by atoms with Gasteiger partial charge in [0.05, 0.1) is 10.6 Å². The summed E-state index contributed by atoms with van der Waals surface area (Å²) in [5, 5.41) is 0.988. The summed E-state index contributed by atoms with van der Waals surface area (Å²) in [5.74, 6) is 0. The molecule has 2 rings (SSSR count). The second-order valence-corrected chi connectivity index (χ2v) is 5.12. The summed E-state index contributed by atoms with van der Waals surface area (Å²) in [4.78, 5) is 18.2. The van der Waals surface area contributed by atoms with Crippen LogP contribution in [0.4, 0.5) is 5.13 Å². The standard InChI is InChI=1S/C11H16N2OS/c1-8-10(7-14)15-11(12-8)13(2)9-5-3-4-6-9/h7,9H,3-6H2,1-2H3. The molecule has 15 heavy (non-hydrogen) atoms. The number of rotatable bonds is 3. The molecule has 1 fully saturated rings. The lowest BCUT2D eigenvalue weighted by molar-refractivity contribution is 0.112. The van der Waals surface area contributed by atoms with Crippen LogP contribution in [0.15, 0.2) is 0 Å². The third-order valence-electron chi connectivity index (χ3n) is 3.10. The fraction of sp³-hybridized carbons (Fsp3) is 0.636. The molecule has 1 aliphatic rings. The third-order valence-corrected chi connectivity index (χ3v) is 4.28. The van der Waals surface area contributed by atoms with Gasteiger partial charge in [-0.2, -0.15) is 0 Å². The molecular formula is C11H16N2OS. The van der Waals surface area contributed by atoms with Crippen molar-refractivity contribution in [2.24, 2.45) is 0 Å². The van der Waals surface area contributed by atoms with E-state index < -0.39 is 0 Å². The van der Waals surface area contributed by atoms with Crippen LogP contribution in [-0.4, -0.2) is 24.4 Å². The van der Waals surface area contributed by atoms with Crippen molar-refractivity contribution in [2.45, 2.75) is 38.6 Å². The van der Waals surface area contributed by atoms with Gasteiger partial charge in [-0.3, -0.25) is 4.79 Å². The zero-order chi connectivity index (χ0) is 10.8. The maximum atomic E-state index is 10.7. The minimum atomic E-state index is 0.620. The van der Waals surface area contributed by atoms with Crippen LogP contribution < -0.4 is 4.90 Å². The van der Waals surface area contributed by atoms with E-state index in [4.69, 9.17) is 0 Å². The van der Waals surface area contributed by atoms with E-state index in [0.29, 0.717) is 6.04 Å². The minimum Gasteiger partial charge on any atom is -0.348 e. The molecule has 0 bridgehead atoms. The Balaban J connectivity index is 2.17. The van der Waals surface area contributed by atoms with Crippen molar-refractivity contribution in [3.8, 4) is 0 Å². The second-order valence-electron chi connectivity index (χ2n) is 4.11. The summed E-state index contributed by atoms with van der Waals surface area (Å²) >= 11 is 1.50. The molecule has 0 unspecified atom stereocenters. The summed E-state index contributed by atoms with van der Waals surface area (Å²) in [6, 6.07) is 0.620. The van der Waals surface area contributed by atoms with Gasteiger partial charge in [0.25, 0.3) is 0 Å². The second kappa shape index (κ2) is 4.31. The first-order valence-electron chi connectivity index (χ1n) is 5.38. The molecule has 0 aliphatic heterocycles. The molecule has 0 aromatic carbocycles. The molecule has 0 atom stereocenters. The quantitative estimate of drug-likeness (QED) is 0.740. The number of aromatic nitrogens is 1. The van der Waals surface area contributed by atoms with E-state index in [-0.39, 0.29) is 0 Å². The Kier molecular flexibility index (Phi) is 3.05. The highest BCUT2D eigenvalue weighted by molar-refractivity contribution is 7.17. The molecule has 1 aliphatic carbocycles. The number of anilines is 1. The van der Waals surface area contributed by atoms with Crippen LogP contribution in [-0.2, 0) is 0 Å². The van der Waals surface area contributed by atoms with Gasteiger partial charge >= 0.3 is 0 Å². The molecule has 82 valence electrons. The molecule has 4 heteroatoms. The van der Waals surface area contributed by atoms with Gasteiger partial charge in [0.2, 0.25) is 0 Å². The number of hydrogen-bond donors (Lipinski definition) is 0. The Labute approximate surface area is 94.1 Å². The number of carbonyl (C=O) groups is 1. The minimum absolute atomic E-state index is 0.620. The van der Waals surface area contributed by atoms with Crippen molar-refractivity contribution in [2.75, 3.05) is 11.9 Å². The molecule has 0 spiro atoms. The monoisotopic (exact) mass is 224 g/mol. The maximum absolute atomic E-state index is 10.7. The molecular weight excluding hydrogens is 208 g/mol. The van der Waals surface area contributed by atoms with Crippen LogP contribution >= 0.6 is 11.3 Å². The van der Waals surface area contributed by atoms with Crippen molar-refractivity contribution in [3.63, 3.8) is 0 Å². The first-order valence-corrected chi connectivity index (χ1v) is 6.19. The number of aryl methyl sites for hydroxylation is 1. The van der Waals surface area contributed by atoms with E-state index in [1.165, 1.54) is 37.0 Å². The van der Waals surface area contributed by atoms with Gasteiger partial charge in [-0.05, 0) is 19.8 Å². The highest BCUT2D eigenvalue weighted by Crippen LogP contribution is 2.30. The lowest BCUT2D eigenvalue weighted by atomic mass is 10.2. The highest BCUT2D eigenvalue weighted by atomic mass is 32.1. The van der Waals surface area contributed by atoms with Crippen molar-refractivity contribution in [3.05, 3.63) is 10.6 Å². The number of carbonyl (C=O) groups excluding carboxylic acids is 1. The van der Waals surface area contributed by atoms with Gasteiger partial charge in [0.15, 0.2) is 11.4 Å². The van der Waals surface area contributed by atoms with E-state index in [0.717, 1.165) is 22.0 Å². The zero-order valence-electron chi connectivity index (χ0n) is 9.19. The molecule has 0 N–H and O–H groups in total. The number of aldehydes is 1. The van der Waals surface area contributed by atoms with E-state index in [9.17, 15) is 4.79 Å². The van der Waals surface area contributed by atoms with Gasteiger partial charge in [0, 0.05) is 13.1 Å². The Bertz CT molecular complexity index is 355. The van der Waals surface area contributed by atoms with Crippen LogP contribution in [0.3, 0.4) is 0 Å². The summed E-state index contributed by atoms with van der Waals surface area (Å²) < 4.78 is 0. The number of nitrogens with zero attached hydrogens (tertiary/aromatic N) is 2. The Morgan fingerprint density at radius 2 is 2.13 bits per heavy atom. The molecule has 1 aromatic rings. The largest absolute Gasteiger partial charge is 0.348 e. The molecule has 0 radical (unpaired) electrons. The third kappa shape index (κ3) is 2.04. The molecule has 1 saturated carbocycles. The predicted molar refractivity (Wildman–Crippen MR) is 62.9 cm³/mol. The van der Waals surface area contributed by atoms with Crippen LogP contribution in [0, 0.1) is 6.92 Å². The maximum Gasteiger partial charge on any atom is 0.186 e. The molecule has 3 nitrogen and oxygen atoms in total. The summed E-state index contributed by atoms with van der Waals surface area (Å²) in [6.07, 6.45) is 6.05. The fourth-order valence-electron chi connectivity index (χ4n) is 2.10. The Morgan fingerprint density at radius 3 is 2.67 bits per heavy atom. The lowest BCUT2D eigenvalue weighted by Gasteiger charge is -2.23. The molecule has 1 heterocycles. The highest BCUT2D eigenvalue weighted by Gasteiger charge is 2.22. The van der Waals surface area contributed by atoms with Gasteiger partial charge in [-0.1, -0.05) is 24.2 Å². The topological polar surface area (TPSA) is 33.2 Å². The van der Waals surface area contributed by atoms with Gasteiger partial charge in [0.1, 0.15) is 0 Å². The van der Waals surface area contributed by atoms with Crippen LogP contribution in [0.1, 0.15) is 41.0 Å². The zero-order valence-corrected chi connectivity index (χ0v) is 10.0. The summed E-state index contributed by atoms with van der Waals surface area (Å²) in [5.41, 5.74) is 0.856. The van der Waals surface area contributed by atoms with Gasteiger partial charge < -0.3 is 4.90 Å². The Hall–Kier alpha value is -0.900. The van der Waals surface area contributed by atoms with E-state index in [1.54, 1.807) is 0 Å². The Morgan fingerprint density at radius 1 is 1.47 bits per heavy atom. The van der Waals surface area contributed by atoms with Gasteiger partial charge in [-0.15, -0.1) is 0 Å². The number of thiazole rings is 1. The van der Waals surface area contributed by atoms with Crippen molar-refractivity contribution >= 4 is 22.8 Å². The van der Waals surface area contributed by atoms with E-state index >= 15 is 0 Å². The fourth-order valence-corrected chi connectivity index (χ4v) is 3.02. The average Bonchev–Trinajstić information content (AvgIpc) is 2.85. The van der Waals surface area contributed by atoms with Crippen molar-refractivity contribution in [1.82, 2.24) is 4.98 Å². The predicted octanol–water partition coefficient (Wildman–Crippen LogP) is 2.64. The van der Waals surface area contributed by atoms with E-state index in [1.807, 2.05) is 6.92 Å². The number of hydrogen-bond acceptors (Lipinski definition) is 4. The summed E-state index contributed by atoms with van der Waals surface area (Å²) in [7, 11) is 2.09. The molecule has 1 aromatic heterocycles. The molecule has 0 amide bonds. The SMILES string of the molecule is Cc1nc(N(C)C2CCCC2)sc1C=O. The first kappa shape index (κ1) is 10.6. The van der Waals surface area contributed by atoms with Crippen LogP contribution in [0.5, 0.6) is 0 Å². The first-order chi connectivity index (χ1) is 7.22. The summed E-state index contributed by atoms with van der Waals surface area (Å²) in [6.45, 7) is 1.90. The normalized spacial score (nSPS) is 16.9. The van der Waals surface area contributed by atoms with Crippen molar-refractivity contribution in [1.29, 1.82) is 0 Å². The lowest BCUT2D eigenvalue weighted by Crippen LogP contribution is -2.28. The average molecular weight is 224 g/mol. The van der Waals surface area contributed by atoms with E-state index in [2.05, 4.69) is 16.9 Å². The van der Waals surface area contributed by atoms with Gasteiger partial charge in [-0.25, -0.2) is 4.98 Å². The van der Waals surface area contributed by atoms with Crippen LogP contribution in [0.25, 0.3) is 0 Å². The van der Waals surface area contributed by atoms with Crippen LogP contribution in [0.2, 0.25) is 0 Å². The van der Waals surface area contributed by atoms with Crippen molar-refractivity contribution < 1.29 is 4.79 Å². The molecule has 0 saturated heterocycles. The smallest absolute Gasteiger partial charge is 0.186 e.